The molecule has 0 aliphatic carbocycles. The molecule has 244 valence electrons. The molecule has 2 atom stereocenters. The second kappa shape index (κ2) is 14.3. The molecule has 0 aliphatic rings. The van der Waals surface area contributed by atoms with Crippen LogP contribution in [0.3, 0.4) is 0 Å². The van der Waals surface area contributed by atoms with E-state index in [1.165, 1.54) is 19.2 Å². The summed E-state index contributed by atoms with van der Waals surface area (Å²) >= 11 is 0. The number of sulfonamides is 1. The third-order valence-electron chi connectivity index (χ3n) is 6.62. The van der Waals surface area contributed by atoms with Crippen molar-refractivity contribution < 1.29 is 50.5 Å². The minimum Gasteiger partial charge on any atom is -0.569 e. The Hall–Kier alpha value is -4.87. The number of nitrogens with one attached hydrogen (secondary N) is 1. The SMILES string of the molecule is CC[C@@H](C)[C@@H](C(=O)NS(=O)(=O)c1ccc(-n2nc(C(F)(F)F)cc2-c2ccc(C)cc2)cc1)N(C)[N+]([O-])=NOCOC(=O)OC. The number of carbonyl (C=O) groups is 2. The van der Waals surface area contributed by atoms with E-state index in [0.29, 0.717) is 12.0 Å². The van der Waals surface area contributed by atoms with Crippen molar-refractivity contribution >= 4 is 22.1 Å². The number of nitrogens with zero attached hydrogens (tertiary/aromatic N) is 5. The molecule has 14 nitrogen and oxygen atoms in total. The number of hydrogen-bond acceptors (Lipinski definition) is 10. The smallest absolute Gasteiger partial charge is 0.510 e. The molecule has 3 aromatic rings. The number of rotatable bonds is 12. The summed E-state index contributed by atoms with van der Waals surface area (Å²) in [6.45, 7) is 4.37. The van der Waals surface area contributed by atoms with Gasteiger partial charge in [-0.3, -0.25) is 4.79 Å². The Labute approximate surface area is 256 Å². The van der Waals surface area contributed by atoms with Crippen LogP contribution in [0.1, 0.15) is 31.5 Å². The largest absolute Gasteiger partial charge is 0.569 e. The van der Waals surface area contributed by atoms with Crippen molar-refractivity contribution in [2.24, 2.45) is 11.2 Å². The highest BCUT2D eigenvalue weighted by molar-refractivity contribution is 7.90. The molecule has 0 fully saturated rings. The van der Waals surface area contributed by atoms with Crippen molar-refractivity contribution in [3.8, 4) is 16.9 Å². The molecule has 1 N–H and O–H groups in total. The summed E-state index contributed by atoms with van der Waals surface area (Å²) in [6.07, 6.45) is -5.47. The van der Waals surface area contributed by atoms with E-state index in [4.69, 9.17) is 0 Å². The van der Waals surface area contributed by atoms with Gasteiger partial charge in [0.15, 0.2) is 11.7 Å². The van der Waals surface area contributed by atoms with Gasteiger partial charge in [-0.25, -0.2) is 22.6 Å². The Kier molecular flexibility index (Phi) is 11.0. The normalized spacial score (nSPS) is 13.5. The molecule has 0 bridgehead atoms. The number of likely N-dealkylation sites (N-methyl/N-ethyl adjacent to an activating group) is 1. The van der Waals surface area contributed by atoms with Crippen molar-refractivity contribution in [2.75, 3.05) is 21.0 Å². The standard InChI is InChI=1S/C27H31F3N6O8S/c1-6-18(3)24(34(4)36(39)33-44-16-43-26(38)42-5)25(37)32-45(40,41)21-13-11-20(12-14-21)35-22(15-23(31-35)27(28,29)30)19-9-7-17(2)8-10-19/h7-15,18,24H,6,16H2,1-5H3,(H,32,37)/t18-,24+/m1/s1. The maximum absolute atomic E-state index is 13.5. The number of benzene rings is 2. The highest BCUT2D eigenvalue weighted by atomic mass is 32.2. The zero-order valence-electron chi connectivity index (χ0n) is 24.8. The summed E-state index contributed by atoms with van der Waals surface area (Å²) in [7, 11) is -2.29. The first-order chi connectivity index (χ1) is 21.1. The van der Waals surface area contributed by atoms with Gasteiger partial charge in [-0.05, 0) is 43.2 Å². The number of halogens is 3. The average molecular weight is 657 g/mol. The highest BCUT2D eigenvalue weighted by Gasteiger charge is 2.37. The number of ether oxygens (including phenoxy) is 2. The zero-order chi connectivity index (χ0) is 33.5. The Balaban J connectivity index is 1.85. The minimum atomic E-state index is -4.73. The van der Waals surface area contributed by atoms with Gasteiger partial charge in [-0.2, -0.15) is 18.3 Å². The predicted molar refractivity (Wildman–Crippen MR) is 151 cm³/mol. The number of alkyl halides is 3. The number of aryl methyl sites for hydroxylation is 1. The summed E-state index contributed by atoms with van der Waals surface area (Å²) < 4.78 is 78.5. The van der Waals surface area contributed by atoms with E-state index in [0.717, 1.165) is 40.6 Å². The van der Waals surface area contributed by atoms with Gasteiger partial charge in [-0.1, -0.05) is 50.1 Å². The average Bonchev–Trinajstić information content (AvgIpc) is 3.45. The molecule has 1 amide bonds. The summed E-state index contributed by atoms with van der Waals surface area (Å²) in [5.74, 6) is -1.63. The summed E-state index contributed by atoms with van der Waals surface area (Å²) in [4.78, 5) is 28.2. The van der Waals surface area contributed by atoms with Crippen LogP contribution in [-0.2, 0) is 35.3 Å². The van der Waals surface area contributed by atoms with Gasteiger partial charge >= 0.3 is 12.3 Å². The first-order valence-corrected chi connectivity index (χ1v) is 14.7. The van der Waals surface area contributed by atoms with Crippen molar-refractivity contribution in [1.82, 2.24) is 19.5 Å². The number of amides is 1. The number of hydrazine groups is 1. The lowest BCUT2D eigenvalue weighted by Crippen LogP contribution is -2.52. The molecule has 2 aromatic carbocycles. The topological polar surface area (TPSA) is 167 Å². The van der Waals surface area contributed by atoms with Crippen molar-refractivity contribution in [2.45, 2.75) is 44.3 Å². The Morgan fingerprint density at radius 3 is 2.33 bits per heavy atom. The monoisotopic (exact) mass is 656 g/mol. The number of carbonyl (C=O) groups excluding carboxylic acids is 2. The number of hydrogen-bond donors (Lipinski definition) is 1. The fourth-order valence-electron chi connectivity index (χ4n) is 4.05. The van der Waals surface area contributed by atoms with Crippen LogP contribution in [-0.4, -0.2) is 67.2 Å². The molecule has 0 unspecified atom stereocenters. The van der Waals surface area contributed by atoms with Gasteiger partial charge in [0, 0.05) is 5.56 Å². The molecule has 3 rings (SSSR count). The van der Waals surface area contributed by atoms with Crippen molar-refractivity contribution in [1.29, 1.82) is 0 Å². The first kappa shape index (κ1) is 34.6. The van der Waals surface area contributed by atoms with Crippen LogP contribution in [0.25, 0.3) is 16.9 Å². The Morgan fingerprint density at radius 1 is 1.16 bits per heavy atom. The van der Waals surface area contributed by atoms with Gasteiger partial charge in [-0.15, -0.1) is 5.01 Å². The van der Waals surface area contributed by atoms with Gasteiger partial charge < -0.3 is 19.5 Å². The van der Waals surface area contributed by atoms with Crippen LogP contribution in [0.4, 0.5) is 18.0 Å². The maximum Gasteiger partial charge on any atom is 0.510 e. The minimum absolute atomic E-state index is 0.122. The van der Waals surface area contributed by atoms with Crippen LogP contribution in [0.2, 0.25) is 0 Å². The fraction of sp³-hybridized carbons (Fsp3) is 0.370. The molecular weight excluding hydrogens is 625 g/mol. The molecule has 1 aromatic heterocycles. The summed E-state index contributed by atoms with van der Waals surface area (Å²) in [5.41, 5.74) is 0.466. The summed E-state index contributed by atoms with van der Waals surface area (Å²) in [6, 6.07) is 11.0. The van der Waals surface area contributed by atoms with Gasteiger partial charge in [0.1, 0.15) is 0 Å². The third-order valence-corrected chi connectivity index (χ3v) is 7.98. The molecule has 0 spiro atoms. The Bertz CT molecular complexity index is 1630. The van der Waals surface area contributed by atoms with Crippen LogP contribution in [0.5, 0.6) is 0 Å². The number of aromatic nitrogens is 2. The van der Waals surface area contributed by atoms with E-state index in [1.54, 1.807) is 38.1 Å². The van der Waals surface area contributed by atoms with Gasteiger partial charge in [0.05, 0.1) is 35.4 Å². The lowest BCUT2D eigenvalue weighted by atomic mass is 9.98. The van der Waals surface area contributed by atoms with E-state index >= 15 is 0 Å². The van der Waals surface area contributed by atoms with Crippen LogP contribution in [0.15, 0.2) is 64.8 Å². The molecule has 0 saturated heterocycles. The second-order valence-corrected chi connectivity index (χ2v) is 11.4. The van der Waals surface area contributed by atoms with Crippen molar-refractivity contribution in [3.63, 3.8) is 0 Å². The fourth-order valence-corrected chi connectivity index (χ4v) is 5.05. The van der Waals surface area contributed by atoms with E-state index in [-0.39, 0.29) is 21.2 Å². The van der Waals surface area contributed by atoms with E-state index in [2.05, 4.69) is 24.7 Å². The van der Waals surface area contributed by atoms with Gasteiger partial charge in [0.2, 0.25) is 5.28 Å². The molecular formula is C27H31F3N6O8S. The molecule has 0 saturated carbocycles. The number of methoxy groups -OCH3 is 1. The Morgan fingerprint density at radius 2 is 1.78 bits per heavy atom. The molecule has 45 heavy (non-hydrogen) atoms. The van der Waals surface area contributed by atoms with Crippen LogP contribution < -0.4 is 4.72 Å². The first-order valence-electron chi connectivity index (χ1n) is 13.2. The highest BCUT2D eigenvalue weighted by Crippen LogP contribution is 2.33. The van der Waals surface area contributed by atoms with E-state index in [9.17, 15) is 36.4 Å². The molecule has 18 heteroatoms. The molecule has 1 heterocycles. The molecule has 0 radical (unpaired) electrons. The molecule has 0 aliphatic heterocycles. The predicted octanol–water partition coefficient (Wildman–Crippen LogP) is 4.57. The van der Waals surface area contributed by atoms with E-state index < -0.39 is 52.7 Å². The van der Waals surface area contributed by atoms with E-state index in [1.807, 2.05) is 11.6 Å². The second-order valence-electron chi connectivity index (χ2n) is 9.74. The lowest BCUT2D eigenvalue weighted by Gasteiger charge is -2.27. The van der Waals surface area contributed by atoms with Crippen LogP contribution in [0, 0.1) is 18.0 Å². The van der Waals surface area contributed by atoms with Crippen LogP contribution >= 0.6 is 0 Å². The maximum atomic E-state index is 13.5. The van der Waals surface area contributed by atoms with Crippen molar-refractivity contribution in [3.05, 3.63) is 71.1 Å². The zero-order valence-corrected chi connectivity index (χ0v) is 25.6. The lowest BCUT2D eigenvalue weighted by molar-refractivity contribution is -0.712. The quantitative estimate of drug-likeness (QED) is 0.0728. The third kappa shape index (κ3) is 8.62. The summed E-state index contributed by atoms with van der Waals surface area (Å²) in [5, 5.41) is 20.1. The van der Waals surface area contributed by atoms with Gasteiger partial charge in [0.25, 0.3) is 22.7 Å².